The summed E-state index contributed by atoms with van der Waals surface area (Å²) >= 11 is 0. The first kappa shape index (κ1) is 12.9. The largest absolute Gasteiger partial charge is 0.396 e. The molecule has 2 nitrogen and oxygen atoms in total. The predicted molar refractivity (Wildman–Crippen MR) is 55.7 cm³/mol. The molecule has 80 valence electrons. The van der Waals surface area contributed by atoms with Crippen LogP contribution in [0.3, 0.4) is 0 Å². The van der Waals surface area contributed by atoms with Crippen LogP contribution < -0.4 is 0 Å². The molecule has 0 aromatic rings. The minimum Gasteiger partial charge on any atom is -0.396 e. The van der Waals surface area contributed by atoms with Crippen molar-refractivity contribution < 1.29 is 10.2 Å². The van der Waals surface area contributed by atoms with Gasteiger partial charge in [0.1, 0.15) is 0 Å². The molecule has 0 radical (unpaired) electrons. The first-order valence-corrected chi connectivity index (χ1v) is 5.56. The number of hydrogen-bond acceptors (Lipinski definition) is 2. The van der Waals surface area contributed by atoms with Gasteiger partial charge in [-0.25, -0.2) is 0 Å². The normalized spacial score (nSPS) is 13.2. The fourth-order valence-electron chi connectivity index (χ4n) is 1.54. The second-order valence-corrected chi connectivity index (χ2v) is 3.76. The summed E-state index contributed by atoms with van der Waals surface area (Å²) in [5.74, 6) is 0.499. The van der Waals surface area contributed by atoms with Crippen molar-refractivity contribution in [2.75, 3.05) is 13.2 Å². The molecule has 2 N–H and O–H groups in total. The van der Waals surface area contributed by atoms with Crippen LogP contribution in [0.2, 0.25) is 0 Å². The van der Waals surface area contributed by atoms with Crippen molar-refractivity contribution in [3.05, 3.63) is 0 Å². The standard InChI is InChI=1S/C11H24O2/c1-2-3-7-11(10-13)8-5-4-6-9-12/h11-13H,2-10H2,1H3/t11-/m1/s1. The Hall–Kier alpha value is -0.0800. The first-order chi connectivity index (χ1) is 6.35. The molecular weight excluding hydrogens is 164 g/mol. The molecule has 0 amide bonds. The maximum absolute atomic E-state index is 9.06. The fourth-order valence-corrected chi connectivity index (χ4v) is 1.54. The Morgan fingerprint density at radius 1 is 0.923 bits per heavy atom. The van der Waals surface area contributed by atoms with E-state index in [1.807, 2.05) is 0 Å². The molecule has 0 saturated heterocycles. The zero-order chi connectivity index (χ0) is 9.94. The smallest absolute Gasteiger partial charge is 0.0459 e. The SMILES string of the molecule is CCCC[C@@H](CO)CCCCCO. The summed E-state index contributed by atoms with van der Waals surface area (Å²) in [6.45, 7) is 2.82. The van der Waals surface area contributed by atoms with E-state index in [-0.39, 0.29) is 0 Å². The lowest BCUT2D eigenvalue weighted by Gasteiger charge is -2.12. The van der Waals surface area contributed by atoms with E-state index in [9.17, 15) is 0 Å². The highest BCUT2D eigenvalue weighted by atomic mass is 16.3. The maximum Gasteiger partial charge on any atom is 0.0459 e. The van der Waals surface area contributed by atoms with Crippen LogP contribution in [0.25, 0.3) is 0 Å². The highest BCUT2D eigenvalue weighted by Gasteiger charge is 2.05. The van der Waals surface area contributed by atoms with E-state index >= 15 is 0 Å². The van der Waals surface area contributed by atoms with Gasteiger partial charge in [-0.05, 0) is 25.2 Å². The van der Waals surface area contributed by atoms with Crippen molar-refractivity contribution in [2.45, 2.75) is 51.9 Å². The van der Waals surface area contributed by atoms with E-state index in [0.29, 0.717) is 19.1 Å². The third-order valence-electron chi connectivity index (χ3n) is 2.49. The number of aliphatic hydroxyl groups is 2. The van der Waals surface area contributed by atoms with Crippen LogP contribution in [0, 0.1) is 5.92 Å². The fraction of sp³-hybridized carbons (Fsp3) is 1.00. The molecule has 0 aromatic carbocycles. The summed E-state index contributed by atoms with van der Waals surface area (Å²) in [6.07, 6.45) is 7.88. The summed E-state index contributed by atoms with van der Waals surface area (Å²) in [4.78, 5) is 0. The lowest BCUT2D eigenvalue weighted by atomic mass is 9.96. The predicted octanol–water partition coefficient (Wildman–Crippen LogP) is 2.34. The van der Waals surface area contributed by atoms with Gasteiger partial charge in [0.2, 0.25) is 0 Å². The number of hydrogen-bond donors (Lipinski definition) is 2. The molecule has 0 spiro atoms. The van der Waals surface area contributed by atoms with Gasteiger partial charge in [-0.2, -0.15) is 0 Å². The highest BCUT2D eigenvalue weighted by Crippen LogP contribution is 2.15. The van der Waals surface area contributed by atoms with Crippen molar-refractivity contribution >= 4 is 0 Å². The zero-order valence-corrected chi connectivity index (χ0v) is 8.84. The summed E-state index contributed by atoms with van der Waals surface area (Å²) in [7, 11) is 0. The van der Waals surface area contributed by atoms with Crippen molar-refractivity contribution in [3.8, 4) is 0 Å². The van der Waals surface area contributed by atoms with E-state index in [0.717, 1.165) is 32.1 Å². The molecule has 0 bridgehead atoms. The van der Waals surface area contributed by atoms with Crippen LogP contribution in [0.4, 0.5) is 0 Å². The van der Waals surface area contributed by atoms with Gasteiger partial charge in [-0.3, -0.25) is 0 Å². The zero-order valence-electron chi connectivity index (χ0n) is 8.84. The molecule has 0 fully saturated rings. The second-order valence-electron chi connectivity index (χ2n) is 3.76. The molecule has 0 unspecified atom stereocenters. The summed E-state index contributed by atoms with van der Waals surface area (Å²) in [6, 6.07) is 0. The van der Waals surface area contributed by atoms with E-state index < -0.39 is 0 Å². The van der Waals surface area contributed by atoms with Gasteiger partial charge in [-0.15, -0.1) is 0 Å². The maximum atomic E-state index is 9.06. The van der Waals surface area contributed by atoms with Gasteiger partial charge >= 0.3 is 0 Å². The van der Waals surface area contributed by atoms with E-state index in [4.69, 9.17) is 10.2 Å². The molecule has 0 heterocycles. The molecule has 0 aliphatic heterocycles. The van der Waals surface area contributed by atoms with Crippen molar-refractivity contribution in [1.29, 1.82) is 0 Å². The third-order valence-corrected chi connectivity index (χ3v) is 2.49. The van der Waals surface area contributed by atoms with Crippen LogP contribution in [0.5, 0.6) is 0 Å². The molecule has 2 heteroatoms. The van der Waals surface area contributed by atoms with E-state index in [1.165, 1.54) is 12.8 Å². The number of aliphatic hydroxyl groups excluding tert-OH is 2. The molecule has 0 aliphatic carbocycles. The molecule has 0 rings (SSSR count). The topological polar surface area (TPSA) is 40.5 Å². The van der Waals surface area contributed by atoms with Crippen LogP contribution >= 0.6 is 0 Å². The molecule has 13 heavy (non-hydrogen) atoms. The minimum absolute atomic E-state index is 0.304. The van der Waals surface area contributed by atoms with E-state index in [2.05, 4.69) is 6.92 Å². The lowest BCUT2D eigenvalue weighted by Crippen LogP contribution is -2.05. The Kier molecular flexibility index (Phi) is 9.94. The van der Waals surface area contributed by atoms with Crippen molar-refractivity contribution in [3.63, 3.8) is 0 Å². The number of unbranched alkanes of at least 4 members (excludes halogenated alkanes) is 3. The summed E-state index contributed by atoms with van der Waals surface area (Å²) in [5.41, 5.74) is 0. The minimum atomic E-state index is 0.304. The molecule has 1 atom stereocenters. The Balaban J connectivity index is 3.25. The van der Waals surface area contributed by atoms with Crippen LogP contribution in [0.15, 0.2) is 0 Å². The highest BCUT2D eigenvalue weighted by molar-refractivity contribution is 4.58. The molecule has 0 aliphatic rings. The van der Waals surface area contributed by atoms with E-state index in [1.54, 1.807) is 0 Å². The average Bonchev–Trinajstić information content (AvgIpc) is 2.17. The monoisotopic (exact) mass is 188 g/mol. The van der Waals surface area contributed by atoms with Gasteiger partial charge in [-0.1, -0.05) is 32.6 Å². The average molecular weight is 188 g/mol. The number of rotatable bonds is 9. The van der Waals surface area contributed by atoms with Crippen molar-refractivity contribution in [1.82, 2.24) is 0 Å². The Labute approximate surface area is 82.0 Å². The van der Waals surface area contributed by atoms with Crippen LogP contribution in [-0.2, 0) is 0 Å². The quantitative estimate of drug-likeness (QED) is 0.545. The first-order valence-electron chi connectivity index (χ1n) is 5.56. The van der Waals surface area contributed by atoms with Gasteiger partial charge in [0.25, 0.3) is 0 Å². The Morgan fingerprint density at radius 3 is 2.15 bits per heavy atom. The second kappa shape index (κ2) is 10.0. The third kappa shape index (κ3) is 8.26. The summed E-state index contributed by atoms with van der Waals surface area (Å²) in [5, 5.41) is 17.6. The summed E-state index contributed by atoms with van der Waals surface area (Å²) < 4.78 is 0. The van der Waals surface area contributed by atoms with Gasteiger partial charge < -0.3 is 10.2 Å². The van der Waals surface area contributed by atoms with Crippen LogP contribution in [0.1, 0.15) is 51.9 Å². The van der Waals surface area contributed by atoms with Crippen LogP contribution in [-0.4, -0.2) is 23.4 Å². The van der Waals surface area contributed by atoms with Gasteiger partial charge in [0.15, 0.2) is 0 Å². The molecule has 0 aromatic heterocycles. The lowest BCUT2D eigenvalue weighted by molar-refractivity contribution is 0.203. The Morgan fingerprint density at radius 2 is 1.62 bits per heavy atom. The van der Waals surface area contributed by atoms with Crippen molar-refractivity contribution in [2.24, 2.45) is 5.92 Å². The van der Waals surface area contributed by atoms with Gasteiger partial charge in [0.05, 0.1) is 0 Å². The Bertz CT molecular complexity index is 94.1. The molecule has 0 saturated carbocycles. The van der Waals surface area contributed by atoms with Gasteiger partial charge in [0, 0.05) is 13.2 Å². The molecular formula is C11H24O2.